The van der Waals surface area contributed by atoms with Gasteiger partial charge >= 0.3 is 5.97 Å². The fourth-order valence-corrected chi connectivity index (χ4v) is 3.71. The third kappa shape index (κ3) is 7.82. The van der Waals surface area contributed by atoms with Gasteiger partial charge in [-0.3, -0.25) is 9.59 Å². The lowest BCUT2D eigenvalue weighted by atomic mass is 10.1. The molecule has 10 nitrogen and oxygen atoms in total. The average Bonchev–Trinajstić information content (AvgIpc) is 2.88. The lowest BCUT2D eigenvalue weighted by molar-refractivity contribution is -0.141. The molecule has 3 rings (SSSR count). The smallest absolute Gasteiger partial charge is 0.326 e. The first kappa shape index (κ1) is 26.7. The molecule has 0 aliphatic carbocycles. The molecule has 36 heavy (non-hydrogen) atoms. The molecule has 0 spiro atoms. The van der Waals surface area contributed by atoms with Crippen molar-refractivity contribution in [3.05, 3.63) is 71.5 Å². The van der Waals surface area contributed by atoms with Crippen LogP contribution in [0.3, 0.4) is 0 Å². The summed E-state index contributed by atoms with van der Waals surface area (Å²) in [6, 6.07) is 14.9. The van der Waals surface area contributed by atoms with Gasteiger partial charge in [0.05, 0.1) is 29.0 Å². The number of hydrogen-bond acceptors (Lipinski definition) is 7. The number of rotatable bonds is 13. The number of carboxylic acid groups (broad SMARTS) is 1. The Hall–Kier alpha value is -3.89. The van der Waals surface area contributed by atoms with Crippen LogP contribution in [0.15, 0.2) is 54.6 Å². The number of aliphatic carboxylic acids is 1. The van der Waals surface area contributed by atoms with Crippen molar-refractivity contribution in [1.82, 2.24) is 25.9 Å². The first-order valence-corrected chi connectivity index (χ1v) is 11.8. The molecular weight excluding hydrogens is 462 g/mol. The number of amides is 2. The Morgan fingerprint density at radius 1 is 0.944 bits per heavy atom. The largest absolute Gasteiger partial charge is 0.480 e. The van der Waals surface area contributed by atoms with Crippen molar-refractivity contribution in [3.8, 4) is 0 Å². The molecule has 1 heterocycles. The highest BCUT2D eigenvalue weighted by Crippen LogP contribution is 2.17. The summed E-state index contributed by atoms with van der Waals surface area (Å²) in [6.45, 7) is 2.35. The van der Waals surface area contributed by atoms with Crippen molar-refractivity contribution in [2.24, 2.45) is 0 Å². The molecule has 0 saturated carbocycles. The van der Waals surface area contributed by atoms with E-state index in [2.05, 4.69) is 25.9 Å². The highest BCUT2D eigenvalue weighted by atomic mass is 16.4. The van der Waals surface area contributed by atoms with Gasteiger partial charge in [-0.1, -0.05) is 30.3 Å². The number of nitrogens with one attached hydrogen (secondary N) is 3. The Morgan fingerprint density at radius 3 is 2.31 bits per heavy atom. The Balaban J connectivity index is 1.35. The standard InChI is InChI=1S/C26H31N5O5/c1-17-24(31-20-12-6-5-11-19(20)29-17)22(32)15-27-14-8-7-13-21(26(35)36)30-23(33)16-28-25(34)18-9-3-2-4-10-18/h2-6,9-12,21-22,27,32H,7-8,13-16H2,1H3,(H,28,34)(H,30,33)(H,35,36). The van der Waals surface area contributed by atoms with Crippen molar-refractivity contribution < 1.29 is 24.6 Å². The molecule has 190 valence electrons. The molecule has 0 bridgehead atoms. The minimum atomic E-state index is -1.13. The second-order valence-corrected chi connectivity index (χ2v) is 8.41. The number of aromatic nitrogens is 2. The summed E-state index contributed by atoms with van der Waals surface area (Å²) in [4.78, 5) is 44.7. The van der Waals surface area contributed by atoms with E-state index < -0.39 is 29.9 Å². The van der Waals surface area contributed by atoms with Gasteiger partial charge in [0.1, 0.15) is 12.1 Å². The molecule has 2 amide bonds. The van der Waals surface area contributed by atoms with Gasteiger partial charge in [0.25, 0.3) is 5.91 Å². The summed E-state index contributed by atoms with van der Waals surface area (Å²) in [5, 5.41) is 28.0. The predicted molar refractivity (Wildman–Crippen MR) is 134 cm³/mol. The first-order chi connectivity index (χ1) is 17.3. The molecule has 0 aliphatic rings. The topological polar surface area (TPSA) is 154 Å². The van der Waals surface area contributed by atoms with Gasteiger partial charge in [0.2, 0.25) is 5.91 Å². The van der Waals surface area contributed by atoms with E-state index in [-0.39, 0.29) is 19.5 Å². The van der Waals surface area contributed by atoms with Gasteiger partial charge in [-0.15, -0.1) is 0 Å². The van der Waals surface area contributed by atoms with Crippen LogP contribution < -0.4 is 16.0 Å². The summed E-state index contributed by atoms with van der Waals surface area (Å²) in [5.41, 5.74) is 3.11. The zero-order valence-electron chi connectivity index (χ0n) is 20.1. The summed E-state index contributed by atoms with van der Waals surface area (Å²) in [6.07, 6.45) is 0.623. The summed E-state index contributed by atoms with van der Waals surface area (Å²) in [5.74, 6) is -2.11. The normalized spacial score (nSPS) is 12.6. The number of hydrogen-bond donors (Lipinski definition) is 5. The zero-order chi connectivity index (χ0) is 25.9. The average molecular weight is 494 g/mol. The number of unbranched alkanes of at least 4 members (excludes halogenated alkanes) is 1. The van der Waals surface area contributed by atoms with Crippen LogP contribution in [-0.2, 0) is 9.59 Å². The quantitative estimate of drug-likeness (QED) is 0.226. The van der Waals surface area contributed by atoms with Crippen molar-refractivity contribution in [3.63, 3.8) is 0 Å². The molecule has 2 atom stereocenters. The number of benzene rings is 2. The molecule has 0 radical (unpaired) electrons. The number of carbonyl (C=O) groups excluding carboxylic acids is 2. The van der Waals surface area contributed by atoms with Crippen LogP contribution in [0.5, 0.6) is 0 Å². The van der Waals surface area contributed by atoms with Crippen LogP contribution in [0, 0.1) is 6.92 Å². The Kier molecular flexibility index (Phi) is 9.84. The summed E-state index contributed by atoms with van der Waals surface area (Å²) >= 11 is 0. The number of carboxylic acids is 1. The number of carbonyl (C=O) groups is 3. The summed E-state index contributed by atoms with van der Waals surface area (Å²) < 4.78 is 0. The van der Waals surface area contributed by atoms with Crippen LogP contribution in [-0.4, -0.2) is 63.6 Å². The van der Waals surface area contributed by atoms with Crippen molar-refractivity contribution in [1.29, 1.82) is 0 Å². The molecule has 3 aromatic rings. The van der Waals surface area contributed by atoms with Crippen LogP contribution in [0.4, 0.5) is 0 Å². The Bertz CT molecular complexity index is 1190. The van der Waals surface area contributed by atoms with Crippen molar-refractivity contribution >= 4 is 28.8 Å². The molecule has 0 aliphatic heterocycles. The molecular formula is C26H31N5O5. The van der Waals surface area contributed by atoms with Crippen molar-refractivity contribution in [2.45, 2.75) is 38.3 Å². The van der Waals surface area contributed by atoms with Gasteiger partial charge in [0, 0.05) is 12.1 Å². The number of aliphatic hydroxyl groups excluding tert-OH is 1. The maximum Gasteiger partial charge on any atom is 0.326 e. The van der Waals surface area contributed by atoms with Gasteiger partial charge < -0.3 is 26.2 Å². The second-order valence-electron chi connectivity index (χ2n) is 8.41. The predicted octanol–water partition coefficient (Wildman–Crippen LogP) is 1.73. The summed E-state index contributed by atoms with van der Waals surface area (Å²) in [7, 11) is 0. The maximum atomic E-state index is 12.1. The van der Waals surface area contributed by atoms with Crippen molar-refractivity contribution in [2.75, 3.05) is 19.6 Å². The lowest BCUT2D eigenvalue weighted by Gasteiger charge is -2.16. The Labute approximate surface area is 209 Å². The molecule has 0 fully saturated rings. The van der Waals surface area contributed by atoms with E-state index in [1.54, 1.807) is 30.3 Å². The fourth-order valence-electron chi connectivity index (χ4n) is 3.71. The molecule has 1 aromatic heterocycles. The molecule has 2 aromatic carbocycles. The van der Waals surface area contributed by atoms with Gasteiger partial charge in [0.15, 0.2) is 0 Å². The highest BCUT2D eigenvalue weighted by molar-refractivity contribution is 5.96. The maximum absolute atomic E-state index is 12.1. The monoisotopic (exact) mass is 493 g/mol. The highest BCUT2D eigenvalue weighted by Gasteiger charge is 2.20. The lowest BCUT2D eigenvalue weighted by Crippen LogP contribution is -2.45. The van der Waals surface area contributed by atoms with E-state index in [0.29, 0.717) is 36.3 Å². The zero-order valence-corrected chi connectivity index (χ0v) is 20.1. The van der Waals surface area contributed by atoms with Gasteiger partial charge in [-0.2, -0.15) is 0 Å². The van der Waals surface area contributed by atoms with E-state index in [1.165, 1.54) is 0 Å². The number of nitrogens with zero attached hydrogens (tertiary/aromatic N) is 2. The minimum absolute atomic E-state index is 0.243. The number of aryl methyl sites for hydroxylation is 1. The van der Waals surface area contributed by atoms with Crippen LogP contribution in [0.25, 0.3) is 11.0 Å². The van der Waals surface area contributed by atoms with E-state index >= 15 is 0 Å². The third-order valence-electron chi connectivity index (χ3n) is 5.61. The SMILES string of the molecule is Cc1nc2ccccc2nc1C(O)CNCCCCC(NC(=O)CNC(=O)c1ccccc1)C(=O)O. The molecule has 0 saturated heterocycles. The Morgan fingerprint density at radius 2 is 1.61 bits per heavy atom. The van der Waals surface area contributed by atoms with Gasteiger partial charge in [-0.05, 0) is 57.0 Å². The van der Waals surface area contributed by atoms with E-state index in [0.717, 1.165) is 11.0 Å². The second kappa shape index (κ2) is 13.3. The fraction of sp³-hybridized carbons (Fsp3) is 0.346. The number of para-hydroxylation sites is 2. The van der Waals surface area contributed by atoms with Crippen LogP contribution in [0.1, 0.15) is 47.1 Å². The van der Waals surface area contributed by atoms with E-state index in [9.17, 15) is 24.6 Å². The molecule has 2 unspecified atom stereocenters. The van der Waals surface area contributed by atoms with E-state index in [4.69, 9.17) is 0 Å². The number of fused-ring (bicyclic) bond motifs is 1. The van der Waals surface area contributed by atoms with Crippen LogP contribution in [0.2, 0.25) is 0 Å². The van der Waals surface area contributed by atoms with E-state index in [1.807, 2.05) is 31.2 Å². The third-order valence-corrected chi connectivity index (χ3v) is 5.61. The first-order valence-electron chi connectivity index (χ1n) is 11.8. The van der Waals surface area contributed by atoms with Crippen LogP contribution >= 0.6 is 0 Å². The molecule has 5 N–H and O–H groups in total. The van der Waals surface area contributed by atoms with Gasteiger partial charge in [-0.25, -0.2) is 14.8 Å². The number of aliphatic hydroxyl groups is 1. The minimum Gasteiger partial charge on any atom is -0.480 e. The molecule has 10 heteroatoms.